The van der Waals surface area contributed by atoms with Crippen molar-refractivity contribution in [3.63, 3.8) is 0 Å². The van der Waals surface area contributed by atoms with E-state index in [1.807, 2.05) is 0 Å². The highest BCUT2D eigenvalue weighted by atomic mass is 16.5. The molecule has 0 aromatic rings. The Morgan fingerprint density at radius 3 is 2.73 bits per heavy atom. The zero-order chi connectivity index (χ0) is 11.3. The van der Waals surface area contributed by atoms with E-state index in [-0.39, 0.29) is 11.5 Å². The van der Waals surface area contributed by atoms with Crippen LogP contribution < -0.4 is 0 Å². The Hall–Kier alpha value is -0.0151. The van der Waals surface area contributed by atoms with Gasteiger partial charge in [-0.15, -0.1) is 0 Å². The van der Waals surface area contributed by atoms with Crippen LogP contribution in [0.1, 0.15) is 46.5 Å². The van der Waals surface area contributed by atoms with Crippen molar-refractivity contribution in [3.05, 3.63) is 0 Å². The van der Waals surface area contributed by atoms with Gasteiger partial charge >= 0.3 is 0 Å². The van der Waals surface area contributed by atoms with Crippen LogP contribution in [0, 0.1) is 0 Å². The van der Waals surface area contributed by atoms with Crippen LogP contribution in [0.3, 0.4) is 0 Å². The Kier molecular flexibility index (Phi) is 5.14. The van der Waals surface area contributed by atoms with Crippen molar-refractivity contribution in [2.45, 2.75) is 58.0 Å². The molecule has 1 atom stereocenters. The van der Waals surface area contributed by atoms with Crippen LogP contribution in [0.15, 0.2) is 0 Å². The van der Waals surface area contributed by atoms with Gasteiger partial charge in [-0.3, -0.25) is 4.90 Å². The van der Waals surface area contributed by atoms with E-state index in [0.717, 1.165) is 19.7 Å². The lowest BCUT2D eigenvalue weighted by Gasteiger charge is -2.43. The van der Waals surface area contributed by atoms with Gasteiger partial charge in [0, 0.05) is 24.6 Å². The van der Waals surface area contributed by atoms with Crippen molar-refractivity contribution < 1.29 is 4.74 Å². The summed E-state index contributed by atoms with van der Waals surface area (Å²) in [7, 11) is 5.81. The molecule has 1 rings (SSSR count). The van der Waals surface area contributed by atoms with E-state index in [1.165, 1.54) is 25.7 Å². The van der Waals surface area contributed by atoms with Gasteiger partial charge in [-0.25, -0.2) is 0 Å². The molecule has 3 heteroatoms. The molecular formula is C12H24BNO. The molecule has 0 aromatic heterocycles. The third-order valence-corrected chi connectivity index (χ3v) is 3.34. The summed E-state index contributed by atoms with van der Waals surface area (Å²) < 4.78 is 5.36. The van der Waals surface area contributed by atoms with E-state index >= 15 is 0 Å². The summed E-state index contributed by atoms with van der Waals surface area (Å²) in [4.78, 5) is 2.47. The van der Waals surface area contributed by atoms with E-state index in [1.54, 1.807) is 0 Å². The largest absolute Gasteiger partial charge is 0.385 e. The van der Waals surface area contributed by atoms with Gasteiger partial charge < -0.3 is 4.74 Å². The first kappa shape index (κ1) is 13.1. The van der Waals surface area contributed by atoms with E-state index in [9.17, 15) is 0 Å². The molecule has 0 spiro atoms. The summed E-state index contributed by atoms with van der Waals surface area (Å²) >= 11 is 0. The predicted molar refractivity (Wildman–Crippen MR) is 65.3 cm³/mol. The lowest BCUT2D eigenvalue weighted by Crippen LogP contribution is -2.53. The summed E-state index contributed by atoms with van der Waals surface area (Å²) in [6.07, 6.45) is 5.20. The highest BCUT2D eigenvalue weighted by Gasteiger charge is 2.29. The number of morpholine rings is 1. The van der Waals surface area contributed by atoms with Gasteiger partial charge in [-0.2, -0.15) is 0 Å². The zero-order valence-corrected chi connectivity index (χ0v) is 10.5. The van der Waals surface area contributed by atoms with Gasteiger partial charge in [-0.1, -0.05) is 26.2 Å². The molecule has 1 unspecified atom stereocenters. The molecule has 1 saturated heterocycles. The first-order valence-electron chi connectivity index (χ1n) is 6.18. The van der Waals surface area contributed by atoms with E-state index in [0.29, 0.717) is 0 Å². The fourth-order valence-corrected chi connectivity index (χ4v) is 2.19. The summed E-state index contributed by atoms with van der Waals surface area (Å²) in [5, 5.41) is 0. The molecular weight excluding hydrogens is 185 g/mol. The zero-order valence-electron chi connectivity index (χ0n) is 10.5. The fourth-order valence-electron chi connectivity index (χ4n) is 2.19. The van der Waals surface area contributed by atoms with E-state index in [4.69, 9.17) is 12.6 Å². The number of unbranched alkanes of at least 4 members (excludes halogenated alkanes) is 2. The maximum absolute atomic E-state index is 5.81. The maximum Gasteiger partial charge on any atom is 0.110 e. The SMILES string of the molecule is [B]C1CN(C(C)(C)CCCCC)CCO1. The Morgan fingerprint density at radius 2 is 2.13 bits per heavy atom. The molecule has 0 N–H and O–H groups in total. The number of hydrogen-bond donors (Lipinski definition) is 0. The third-order valence-electron chi connectivity index (χ3n) is 3.34. The van der Waals surface area contributed by atoms with Crippen LogP contribution >= 0.6 is 0 Å². The predicted octanol–water partition coefficient (Wildman–Crippen LogP) is 2.17. The minimum Gasteiger partial charge on any atom is -0.385 e. The van der Waals surface area contributed by atoms with Gasteiger partial charge in [0.25, 0.3) is 0 Å². The minimum atomic E-state index is -0.0933. The van der Waals surface area contributed by atoms with Crippen molar-refractivity contribution in [3.8, 4) is 0 Å². The van der Waals surface area contributed by atoms with Crippen LogP contribution in [-0.4, -0.2) is 44.0 Å². The second-order valence-corrected chi connectivity index (χ2v) is 5.12. The molecule has 1 aliphatic rings. The van der Waals surface area contributed by atoms with Crippen molar-refractivity contribution in [2.24, 2.45) is 0 Å². The lowest BCUT2D eigenvalue weighted by molar-refractivity contribution is -0.0316. The summed E-state index contributed by atoms with van der Waals surface area (Å²) in [6, 6.07) is -0.0933. The average Bonchev–Trinajstić information content (AvgIpc) is 2.18. The van der Waals surface area contributed by atoms with Gasteiger partial charge in [-0.05, 0) is 20.3 Å². The quantitative estimate of drug-likeness (QED) is 0.508. The van der Waals surface area contributed by atoms with Gasteiger partial charge in [0.15, 0.2) is 0 Å². The molecule has 1 fully saturated rings. The highest BCUT2D eigenvalue weighted by Crippen LogP contribution is 2.23. The smallest absolute Gasteiger partial charge is 0.110 e. The van der Waals surface area contributed by atoms with Crippen LogP contribution in [0.2, 0.25) is 0 Å². The Balaban J connectivity index is 2.37. The lowest BCUT2D eigenvalue weighted by atomic mass is 9.90. The Morgan fingerprint density at radius 1 is 1.40 bits per heavy atom. The van der Waals surface area contributed by atoms with Crippen molar-refractivity contribution >= 4 is 7.85 Å². The number of hydrogen-bond acceptors (Lipinski definition) is 2. The molecule has 2 nitrogen and oxygen atoms in total. The van der Waals surface area contributed by atoms with Crippen LogP contribution in [-0.2, 0) is 4.74 Å². The van der Waals surface area contributed by atoms with Crippen LogP contribution in [0.25, 0.3) is 0 Å². The second kappa shape index (κ2) is 5.90. The van der Waals surface area contributed by atoms with E-state index < -0.39 is 0 Å². The monoisotopic (exact) mass is 209 g/mol. The standard InChI is InChI=1S/C12H24BNO/c1-4-5-6-7-12(2,3)14-8-9-15-11(13)10-14/h11H,4-10H2,1-3H3. The first-order chi connectivity index (χ1) is 7.06. The maximum atomic E-state index is 5.81. The van der Waals surface area contributed by atoms with Crippen LogP contribution in [0.4, 0.5) is 0 Å². The first-order valence-corrected chi connectivity index (χ1v) is 6.18. The van der Waals surface area contributed by atoms with Crippen molar-refractivity contribution in [2.75, 3.05) is 19.7 Å². The van der Waals surface area contributed by atoms with Crippen molar-refractivity contribution in [1.82, 2.24) is 4.90 Å². The third kappa shape index (κ3) is 4.16. The normalized spacial score (nSPS) is 24.3. The summed E-state index contributed by atoms with van der Waals surface area (Å²) in [5.41, 5.74) is 0.274. The average molecular weight is 209 g/mol. The molecule has 0 saturated carbocycles. The molecule has 1 aliphatic heterocycles. The fraction of sp³-hybridized carbons (Fsp3) is 1.00. The molecule has 0 aromatic carbocycles. The number of nitrogens with zero attached hydrogens (tertiary/aromatic N) is 1. The molecule has 0 aliphatic carbocycles. The van der Waals surface area contributed by atoms with Crippen molar-refractivity contribution in [1.29, 1.82) is 0 Å². The highest BCUT2D eigenvalue weighted by molar-refractivity contribution is 6.11. The summed E-state index contributed by atoms with van der Waals surface area (Å²) in [5.74, 6) is 0. The van der Waals surface area contributed by atoms with E-state index in [2.05, 4.69) is 25.7 Å². The molecule has 86 valence electrons. The van der Waals surface area contributed by atoms with Crippen LogP contribution in [0.5, 0.6) is 0 Å². The summed E-state index contributed by atoms with van der Waals surface area (Å²) in [6.45, 7) is 9.56. The molecule has 2 radical (unpaired) electrons. The van der Waals surface area contributed by atoms with Gasteiger partial charge in [0.1, 0.15) is 7.85 Å². The molecule has 1 heterocycles. The van der Waals surface area contributed by atoms with Gasteiger partial charge in [0.2, 0.25) is 0 Å². The molecule has 15 heavy (non-hydrogen) atoms. The topological polar surface area (TPSA) is 12.5 Å². The van der Waals surface area contributed by atoms with Gasteiger partial charge in [0.05, 0.1) is 6.61 Å². The molecule has 0 amide bonds. The minimum absolute atomic E-state index is 0.0933. The molecule has 0 bridgehead atoms. The second-order valence-electron chi connectivity index (χ2n) is 5.12. The Labute approximate surface area is 95.8 Å². The Bertz CT molecular complexity index is 184. The number of ether oxygens (including phenoxy) is 1. The number of rotatable bonds is 5.